The third kappa shape index (κ3) is 5.31. The number of ether oxygens (including phenoxy) is 1. The van der Waals surface area contributed by atoms with E-state index in [0.717, 1.165) is 26.7 Å². The van der Waals surface area contributed by atoms with Crippen LogP contribution in [0.25, 0.3) is 16.1 Å². The molecule has 0 aliphatic carbocycles. The Bertz CT molecular complexity index is 1150. The van der Waals surface area contributed by atoms with Crippen LogP contribution in [0.4, 0.5) is 5.69 Å². The summed E-state index contributed by atoms with van der Waals surface area (Å²) in [5.41, 5.74) is 2.65. The Kier molecular flexibility index (Phi) is 7.11. The Morgan fingerprint density at radius 3 is 2.45 bits per heavy atom. The molecule has 0 radical (unpaired) electrons. The van der Waals surface area contributed by atoms with E-state index in [0.29, 0.717) is 16.3 Å². The van der Waals surface area contributed by atoms with Crippen molar-refractivity contribution in [1.82, 2.24) is 0 Å². The number of nitrogens with one attached hydrogen (secondary N) is 2. The lowest BCUT2D eigenvalue weighted by molar-refractivity contribution is 0.0830. The molecule has 160 valence electrons. The van der Waals surface area contributed by atoms with Crippen molar-refractivity contribution in [3.8, 4) is 10.4 Å². The summed E-state index contributed by atoms with van der Waals surface area (Å²) in [6.07, 6.45) is 1.76. The van der Waals surface area contributed by atoms with E-state index in [-0.39, 0.29) is 5.78 Å². The first-order chi connectivity index (χ1) is 14.7. The molecular formula is C25H25ClN2O2S. The Labute approximate surface area is 192 Å². The van der Waals surface area contributed by atoms with Gasteiger partial charge in [-0.2, -0.15) is 0 Å². The molecule has 3 aromatic rings. The van der Waals surface area contributed by atoms with Crippen LogP contribution in [0.5, 0.6) is 0 Å². The number of ketones is 1. The van der Waals surface area contributed by atoms with Gasteiger partial charge < -0.3 is 15.5 Å². The first-order valence-corrected chi connectivity index (χ1v) is 11.0. The molecule has 0 saturated carbocycles. The largest absolute Gasteiger partial charge is 0.373 e. The molecule has 0 fully saturated rings. The number of rotatable bonds is 8. The standard InChI is InChI=1S/C25H25ClN2O2S/c1-16(29)17-9-5-6-10-18(17)22-13-14-23(31-22)21(15-24(27)25(2,3)30-4)28-20-12-8-7-11-19(20)26/h5-15,27-28H,1-4H3/b21-15-,27-24?. The molecule has 2 N–H and O–H groups in total. The molecule has 31 heavy (non-hydrogen) atoms. The number of para-hydroxylation sites is 1. The van der Waals surface area contributed by atoms with E-state index in [1.165, 1.54) is 0 Å². The minimum Gasteiger partial charge on any atom is -0.373 e. The lowest BCUT2D eigenvalue weighted by Gasteiger charge is -2.23. The summed E-state index contributed by atoms with van der Waals surface area (Å²) >= 11 is 7.91. The van der Waals surface area contributed by atoms with Crippen molar-refractivity contribution in [2.75, 3.05) is 12.4 Å². The zero-order chi connectivity index (χ0) is 22.6. The second kappa shape index (κ2) is 9.60. The number of methoxy groups -OCH3 is 1. The van der Waals surface area contributed by atoms with E-state index in [1.54, 1.807) is 31.4 Å². The molecule has 4 nitrogen and oxygen atoms in total. The van der Waals surface area contributed by atoms with Crippen LogP contribution in [0, 0.1) is 5.41 Å². The maximum Gasteiger partial charge on any atom is 0.160 e. The van der Waals surface area contributed by atoms with Gasteiger partial charge in [-0.25, -0.2) is 0 Å². The highest BCUT2D eigenvalue weighted by molar-refractivity contribution is 7.16. The summed E-state index contributed by atoms with van der Waals surface area (Å²) in [5.74, 6) is 0.0270. The van der Waals surface area contributed by atoms with Gasteiger partial charge in [0.25, 0.3) is 0 Å². The molecule has 1 aromatic heterocycles. The highest BCUT2D eigenvalue weighted by atomic mass is 35.5. The van der Waals surface area contributed by atoms with Gasteiger partial charge in [-0.3, -0.25) is 4.79 Å². The fraction of sp³-hybridized carbons (Fsp3) is 0.200. The number of benzene rings is 2. The van der Waals surface area contributed by atoms with Gasteiger partial charge in [0, 0.05) is 23.1 Å². The van der Waals surface area contributed by atoms with Crippen LogP contribution in [0.15, 0.2) is 66.7 Å². The maximum absolute atomic E-state index is 12.1. The summed E-state index contributed by atoms with van der Waals surface area (Å²) in [4.78, 5) is 14.0. The molecule has 0 saturated heterocycles. The monoisotopic (exact) mass is 452 g/mol. The lowest BCUT2D eigenvalue weighted by Crippen LogP contribution is -2.32. The van der Waals surface area contributed by atoms with Gasteiger partial charge >= 0.3 is 0 Å². The van der Waals surface area contributed by atoms with Gasteiger partial charge in [0.1, 0.15) is 5.60 Å². The third-order valence-electron chi connectivity index (χ3n) is 5.03. The summed E-state index contributed by atoms with van der Waals surface area (Å²) < 4.78 is 5.47. The topological polar surface area (TPSA) is 62.2 Å². The van der Waals surface area contributed by atoms with E-state index in [2.05, 4.69) is 5.32 Å². The molecule has 0 amide bonds. The van der Waals surface area contributed by atoms with Crippen LogP contribution < -0.4 is 5.32 Å². The van der Waals surface area contributed by atoms with Crippen molar-refractivity contribution in [2.45, 2.75) is 26.4 Å². The smallest absolute Gasteiger partial charge is 0.160 e. The molecule has 0 aliphatic heterocycles. The number of hydrogen-bond acceptors (Lipinski definition) is 5. The van der Waals surface area contributed by atoms with Crippen molar-refractivity contribution < 1.29 is 9.53 Å². The number of hydrogen-bond donors (Lipinski definition) is 2. The van der Waals surface area contributed by atoms with Gasteiger partial charge in [-0.15, -0.1) is 11.3 Å². The number of thiophene rings is 1. The van der Waals surface area contributed by atoms with Gasteiger partial charge in [0.2, 0.25) is 0 Å². The second-order valence-electron chi connectivity index (χ2n) is 7.56. The minimum absolute atomic E-state index is 0.0270. The average Bonchev–Trinajstić information content (AvgIpc) is 3.24. The van der Waals surface area contributed by atoms with E-state index in [1.807, 2.05) is 74.5 Å². The minimum atomic E-state index is -0.741. The normalized spacial score (nSPS) is 12.0. The Hall–Kier alpha value is -2.73. The van der Waals surface area contributed by atoms with E-state index in [9.17, 15) is 4.79 Å². The lowest BCUT2D eigenvalue weighted by atomic mass is 10.0. The van der Waals surface area contributed by atoms with Crippen LogP contribution in [-0.2, 0) is 4.74 Å². The van der Waals surface area contributed by atoms with Crippen molar-refractivity contribution in [3.05, 3.63) is 82.2 Å². The first-order valence-electron chi connectivity index (χ1n) is 9.81. The van der Waals surface area contributed by atoms with Crippen molar-refractivity contribution in [1.29, 1.82) is 5.41 Å². The summed E-state index contributed by atoms with van der Waals surface area (Å²) in [6, 6.07) is 19.0. The molecule has 2 aromatic carbocycles. The van der Waals surface area contributed by atoms with Gasteiger partial charge in [-0.1, -0.05) is 48.0 Å². The molecule has 0 atom stereocenters. The Morgan fingerprint density at radius 1 is 1.10 bits per heavy atom. The predicted molar refractivity (Wildman–Crippen MR) is 132 cm³/mol. The van der Waals surface area contributed by atoms with Crippen molar-refractivity contribution >= 4 is 45.8 Å². The molecule has 0 bridgehead atoms. The van der Waals surface area contributed by atoms with Crippen LogP contribution in [-0.4, -0.2) is 24.2 Å². The Balaban J connectivity index is 2.06. The van der Waals surface area contributed by atoms with Crippen LogP contribution in [0.3, 0.4) is 0 Å². The predicted octanol–water partition coefficient (Wildman–Crippen LogP) is 7.17. The van der Waals surface area contributed by atoms with Crippen LogP contribution >= 0.6 is 22.9 Å². The molecule has 3 rings (SSSR count). The number of halogens is 1. The summed E-state index contributed by atoms with van der Waals surface area (Å²) in [7, 11) is 1.59. The highest BCUT2D eigenvalue weighted by Gasteiger charge is 2.23. The number of anilines is 1. The van der Waals surface area contributed by atoms with E-state index in [4.69, 9.17) is 21.7 Å². The zero-order valence-corrected chi connectivity index (χ0v) is 19.5. The average molecular weight is 453 g/mol. The highest BCUT2D eigenvalue weighted by Crippen LogP contribution is 2.35. The van der Waals surface area contributed by atoms with Gasteiger partial charge in [0.05, 0.1) is 27.0 Å². The van der Waals surface area contributed by atoms with Crippen molar-refractivity contribution in [2.24, 2.45) is 0 Å². The fourth-order valence-electron chi connectivity index (χ4n) is 2.94. The van der Waals surface area contributed by atoms with E-state index >= 15 is 0 Å². The van der Waals surface area contributed by atoms with Crippen molar-refractivity contribution in [3.63, 3.8) is 0 Å². The quantitative estimate of drug-likeness (QED) is 0.281. The molecule has 0 aliphatic rings. The van der Waals surface area contributed by atoms with Crippen LogP contribution in [0.2, 0.25) is 5.02 Å². The SMILES string of the molecule is COC(C)(C)C(=N)/C=C(\Nc1ccccc1Cl)c1ccc(-c2ccccc2C(C)=O)s1. The second-order valence-corrected chi connectivity index (χ2v) is 9.05. The van der Waals surface area contributed by atoms with Gasteiger partial charge in [-0.05, 0) is 51.1 Å². The molecule has 1 heterocycles. The van der Waals surface area contributed by atoms with E-state index < -0.39 is 5.60 Å². The zero-order valence-electron chi connectivity index (χ0n) is 18.0. The number of carbonyl (C=O) groups is 1. The summed E-state index contributed by atoms with van der Waals surface area (Å²) in [5, 5.41) is 12.5. The van der Waals surface area contributed by atoms with Gasteiger partial charge in [0.15, 0.2) is 5.78 Å². The fourth-order valence-corrected chi connectivity index (χ4v) is 4.14. The number of carbonyl (C=O) groups excluding carboxylic acids is 1. The molecule has 0 spiro atoms. The maximum atomic E-state index is 12.1. The van der Waals surface area contributed by atoms with Crippen LogP contribution in [0.1, 0.15) is 36.0 Å². The number of Topliss-reactive ketones (excluding diaryl/α,β-unsaturated/α-hetero) is 1. The first kappa shape index (κ1) is 22.9. The molecule has 0 unspecified atom stereocenters. The Morgan fingerprint density at radius 2 is 1.77 bits per heavy atom. The molecule has 6 heteroatoms. The molecular weight excluding hydrogens is 428 g/mol. The summed E-state index contributed by atoms with van der Waals surface area (Å²) in [6.45, 7) is 5.27. The third-order valence-corrected chi connectivity index (χ3v) is 6.52.